The normalized spacial score (nSPS) is 20.4. The van der Waals surface area contributed by atoms with E-state index < -0.39 is 5.41 Å². The fourth-order valence-electron chi connectivity index (χ4n) is 5.01. The topological polar surface area (TPSA) is 60.0 Å². The van der Waals surface area contributed by atoms with Crippen LogP contribution in [0.2, 0.25) is 0 Å². The van der Waals surface area contributed by atoms with Gasteiger partial charge in [-0.05, 0) is 48.2 Å². The van der Waals surface area contributed by atoms with Gasteiger partial charge in [-0.15, -0.1) is 0 Å². The molecular formula is C25H30N2O4. The third-order valence-corrected chi connectivity index (χ3v) is 6.76. The maximum Gasteiger partial charge on any atom is 0.235 e. The smallest absolute Gasteiger partial charge is 0.235 e. The molecule has 0 spiro atoms. The van der Waals surface area contributed by atoms with Crippen LogP contribution in [0, 0.1) is 0 Å². The Morgan fingerprint density at radius 1 is 0.968 bits per heavy atom. The van der Waals surface area contributed by atoms with Gasteiger partial charge < -0.3 is 19.5 Å². The molecular weight excluding hydrogens is 392 g/mol. The summed E-state index contributed by atoms with van der Waals surface area (Å²) < 4.78 is 16.5. The molecule has 2 aliphatic heterocycles. The van der Waals surface area contributed by atoms with Crippen LogP contribution < -0.4 is 14.8 Å². The van der Waals surface area contributed by atoms with Crippen LogP contribution in [-0.4, -0.2) is 43.9 Å². The van der Waals surface area contributed by atoms with E-state index in [9.17, 15) is 4.79 Å². The molecule has 2 heterocycles. The number of ether oxygens (including phenoxy) is 3. The molecule has 6 nitrogen and oxygen atoms in total. The number of benzene rings is 2. The van der Waals surface area contributed by atoms with Crippen molar-refractivity contribution in [3.8, 4) is 11.5 Å². The molecule has 2 fully saturated rings. The van der Waals surface area contributed by atoms with Gasteiger partial charge in [0, 0.05) is 25.3 Å². The van der Waals surface area contributed by atoms with Crippen LogP contribution in [0.15, 0.2) is 42.5 Å². The Hall–Kier alpha value is -2.57. The molecule has 5 rings (SSSR count). The second kappa shape index (κ2) is 8.89. The van der Waals surface area contributed by atoms with Gasteiger partial charge in [0.05, 0.1) is 18.6 Å². The van der Waals surface area contributed by atoms with E-state index >= 15 is 0 Å². The van der Waals surface area contributed by atoms with Crippen LogP contribution in [0.5, 0.6) is 11.5 Å². The zero-order valence-corrected chi connectivity index (χ0v) is 17.9. The average molecular weight is 423 g/mol. The first kappa shape index (κ1) is 20.3. The Morgan fingerprint density at radius 2 is 1.77 bits per heavy atom. The molecule has 1 aliphatic carbocycles. The highest BCUT2D eigenvalue weighted by Crippen LogP contribution is 2.44. The van der Waals surface area contributed by atoms with Gasteiger partial charge >= 0.3 is 0 Å². The molecule has 6 heteroatoms. The number of fused-ring (bicyclic) bond motifs is 1. The molecule has 3 aliphatic rings. The molecule has 164 valence electrons. The molecule has 2 aromatic carbocycles. The standard InChI is InChI=1S/C25H30N2O4/c28-24(26-21-6-4-5-19(15-21)17-27-11-13-29-14-12-27)25(9-2-1-3-10-25)20-7-8-22-23(16-20)31-18-30-22/h4-8,15-16H,1-3,9-14,17-18H2,(H,26,28). The lowest BCUT2D eigenvalue weighted by Crippen LogP contribution is -2.42. The third-order valence-electron chi connectivity index (χ3n) is 6.76. The van der Waals surface area contributed by atoms with E-state index in [1.165, 1.54) is 12.0 Å². The molecule has 1 saturated carbocycles. The van der Waals surface area contributed by atoms with E-state index in [0.717, 1.165) is 81.3 Å². The van der Waals surface area contributed by atoms with Crippen LogP contribution in [-0.2, 0) is 21.5 Å². The van der Waals surface area contributed by atoms with Gasteiger partial charge in [-0.25, -0.2) is 0 Å². The van der Waals surface area contributed by atoms with E-state index in [-0.39, 0.29) is 12.7 Å². The highest BCUT2D eigenvalue weighted by atomic mass is 16.7. The fourth-order valence-corrected chi connectivity index (χ4v) is 5.01. The minimum atomic E-state index is -0.528. The number of nitrogens with one attached hydrogen (secondary N) is 1. The van der Waals surface area contributed by atoms with Gasteiger partial charge in [-0.3, -0.25) is 9.69 Å². The van der Waals surface area contributed by atoms with Crippen LogP contribution in [0.25, 0.3) is 0 Å². The zero-order chi connectivity index (χ0) is 21.1. The number of hydrogen-bond donors (Lipinski definition) is 1. The van der Waals surface area contributed by atoms with Gasteiger partial charge in [-0.2, -0.15) is 0 Å². The number of rotatable bonds is 5. The quantitative estimate of drug-likeness (QED) is 0.787. The SMILES string of the molecule is O=C(Nc1cccc(CN2CCOCC2)c1)C1(c2ccc3c(c2)OCO3)CCCCC1. The third kappa shape index (κ3) is 4.27. The lowest BCUT2D eigenvalue weighted by atomic mass is 9.68. The van der Waals surface area contributed by atoms with E-state index in [2.05, 4.69) is 22.3 Å². The second-order valence-electron chi connectivity index (χ2n) is 8.75. The van der Waals surface area contributed by atoms with Crippen molar-refractivity contribution < 1.29 is 19.0 Å². The highest BCUT2D eigenvalue weighted by Gasteiger charge is 2.42. The van der Waals surface area contributed by atoms with Crippen molar-refractivity contribution in [1.29, 1.82) is 0 Å². The lowest BCUT2D eigenvalue weighted by molar-refractivity contribution is -0.122. The zero-order valence-electron chi connectivity index (χ0n) is 17.9. The number of carbonyl (C=O) groups excluding carboxylic acids is 1. The summed E-state index contributed by atoms with van der Waals surface area (Å²) >= 11 is 0. The maximum absolute atomic E-state index is 13.7. The Balaban J connectivity index is 1.36. The Labute approximate surface area is 183 Å². The van der Waals surface area contributed by atoms with Crippen LogP contribution in [0.3, 0.4) is 0 Å². The van der Waals surface area contributed by atoms with Gasteiger partial charge in [0.1, 0.15) is 0 Å². The summed E-state index contributed by atoms with van der Waals surface area (Å²) in [7, 11) is 0. The molecule has 1 saturated heterocycles. The first-order valence-electron chi connectivity index (χ1n) is 11.3. The fraction of sp³-hybridized carbons (Fsp3) is 0.480. The van der Waals surface area contributed by atoms with Gasteiger partial charge in [-0.1, -0.05) is 37.5 Å². The summed E-state index contributed by atoms with van der Waals surface area (Å²) in [5.41, 5.74) is 2.57. The summed E-state index contributed by atoms with van der Waals surface area (Å²) in [5, 5.41) is 3.24. The van der Waals surface area contributed by atoms with E-state index in [1.54, 1.807) is 0 Å². The molecule has 31 heavy (non-hydrogen) atoms. The van der Waals surface area contributed by atoms with E-state index in [4.69, 9.17) is 14.2 Å². The number of nitrogens with zero attached hydrogens (tertiary/aromatic N) is 1. The Bertz CT molecular complexity index is 933. The molecule has 0 aromatic heterocycles. The number of hydrogen-bond acceptors (Lipinski definition) is 5. The van der Waals surface area contributed by atoms with Crippen LogP contribution >= 0.6 is 0 Å². The first-order valence-corrected chi connectivity index (χ1v) is 11.3. The molecule has 0 atom stereocenters. The number of carbonyl (C=O) groups is 1. The van der Waals surface area contributed by atoms with Crippen molar-refractivity contribution in [2.24, 2.45) is 0 Å². The van der Waals surface area contributed by atoms with Crippen molar-refractivity contribution in [1.82, 2.24) is 4.90 Å². The highest BCUT2D eigenvalue weighted by molar-refractivity contribution is 5.99. The monoisotopic (exact) mass is 422 g/mol. The van der Waals surface area contributed by atoms with Gasteiger partial charge in [0.2, 0.25) is 12.7 Å². The summed E-state index contributed by atoms with van der Waals surface area (Å²) in [6, 6.07) is 14.2. The predicted octanol–water partition coefficient (Wildman–Crippen LogP) is 4.09. The minimum absolute atomic E-state index is 0.0783. The van der Waals surface area contributed by atoms with Crippen LogP contribution in [0.1, 0.15) is 43.2 Å². The predicted molar refractivity (Wildman–Crippen MR) is 118 cm³/mol. The second-order valence-corrected chi connectivity index (χ2v) is 8.75. The molecule has 0 radical (unpaired) electrons. The van der Waals surface area contributed by atoms with E-state index in [0.29, 0.717) is 0 Å². The Morgan fingerprint density at radius 3 is 2.61 bits per heavy atom. The number of amides is 1. The van der Waals surface area contributed by atoms with Crippen molar-refractivity contribution in [2.75, 3.05) is 38.4 Å². The molecule has 0 bridgehead atoms. The van der Waals surface area contributed by atoms with Crippen molar-refractivity contribution in [3.05, 3.63) is 53.6 Å². The summed E-state index contributed by atoms with van der Waals surface area (Å²) in [5.74, 6) is 1.57. The summed E-state index contributed by atoms with van der Waals surface area (Å²) in [6.07, 6.45) is 4.99. The summed E-state index contributed by atoms with van der Waals surface area (Å²) in [4.78, 5) is 16.1. The lowest BCUT2D eigenvalue weighted by Gasteiger charge is -2.36. The molecule has 0 unspecified atom stereocenters. The van der Waals surface area contributed by atoms with Crippen molar-refractivity contribution in [3.63, 3.8) is 0 Å². The van der Waals surface area contributed by atoms with E-state index in [1.807, 2.05) is 30.3 Å². The largest absolute Gasteiger partial charge is 0.454 e. The number of morpholine rings is 1. The minimum Gasteiger partial charge on any atom is -0.454 e. The van der Waals surface area contributed by atoms with Gasteiger partial charge in [0.15, 0.2) is 11.5 Å². The molecule has 1 N–H and O–H groups in total. The van der Waals surface area contributed by atoms with Crippen molar-refractivity contribution >= 4 is 11.6 Å². The maximum atomic E-state index is 13.7. The number of anilines is 1. The first-order chi connectivity index (χ1) is 15.2. The van der Waals surface area contributed by atoms with Crippen LogP contribution in [0.4, 0.5) is 5.69 Å². The molecule has 2 aromatic rings. The summed E-state index contributed by atoms with van der Waals surface area (Å²) in [6.45, 7) is 4.59. The Kier molecular flexibility index (Phi) is 5.83. The molecule has 1 amide bonds. The van der Waals surface area contributed by atoms with Gasteiger partial charge in [0.25, 0.3) is 0 Å². The van der Waals surface area contributed by atoms with Crippen molar-refractivity contribution in [2.45, 2.75) is 44.1 Å². The average Bonchev–Trinajstić information content (AvgIpc) is 3.28.